The lowest BCUT2D eigenvalue weighted by molar-refractivity contribution is -0.149. The van der Waals surface area contributed by atoms with Crippen molar-refractivity contribution in [3.05, 3.63) is 71.4 Å². The lowest BCUT2D eigenvalue weighted by atomic mass is 9.78. The van der Waals surface area contributed by atoms with Crippen LogP contribution in [0.25, 0.3) is 10.4 Å². The molecule has 184 valence electrons. The van der Waals surface area contributed by atoms with E-state index in [1.54, 1.807) is 30.2 Å². The number of aromatic nitrogens is 1. The quantitative estimate of drug-likeness (QED) is 0.380. The van der Waals surface area contributed by atoms with Crippen LogP contribution >= 0.6 is 11.3 Å². The van der Waals surface area contributed by atoms with Crippen LogP contribution in [0.2, 0.25) is 0 Å². The molecule has 1 N–H and O–H groups in total. The Kier molecular flexibility index (Phi) is 7.67. The molecule has 1 aliphatic heterocycles. The number of hydrogen-bond donors (Lipinski definition) is 1. The summed E-state index contributed by atoms with van der Waals surface area (Å²) in [7, 11) is 0. The second-order valence-corrected chi connectivity index (χ2v) is 11.0. The monoisotopic (exact) mass is 491 g/mol. The zero-order valence-electron chi connectivity index (χ0n) is 20.6. The van der Waals surface area contributed by atoms with Crippen molar-refractivity contribution in [1.82, 2.24) is 9.99 Å². The molecule has 0 spiro atoms. The normalized spacial score (nSPS) is 16.1. The third-order valence-corrected chi connectivity index (χ3v) is 8.45. The first-order valence-electron chi connectivity index (χ1n) is 12.1. The number of carboxylic acid groups (broad SMARTS) is 1. The summed E-state index contributed by atoms with van der Waals surface area (Å²) in [4.78, 5) is 29.1. The standard InChI is InChI=1S/C28H33N3O3S/c1-20(28(2,3)27(33)34)17-26-29-18-25(35-26)23-9-11-24(12-10-23)31(19-32)30-15-13-22(14-16-30)21-7-5-4-6-8-21/h4-12,18-20,22H,13-17H2,1-3H3,(H,33,34). The fraction of sp³-hybridized carbons (Fsp3) is 0.393. The summed E-state index contributed by atoms with van der Waals surface area (Å²) < 4.78 is 0. The molecular weight excluding hydrogens is 458 g/mol. The summed E-state index contributed by atoms with van der Waals surface area (Å²) in [6.07, 6.45) is 5.41. The highest BCUT2D eigenvalue weighted by atomic mass is 32.1. The minimum atomic E-state index is -0.804. The number of hydrazine groups is 1. The number of carbonyl (C=O) groups is 2. The molecule has 3 aromatic rings. The molecule has 2 aromatic carbocycles. The van der Waals surface area contributed by atoms with Gasteiger partial charge in [0.2, 0.25) is 6.41 Å². The Labute approximate surface area is 211 Å². The van der Waals surface area contributed by atoms with Crippen molar-refractivity contribution in [2.45, 2.75) is 46.0 Å². The van der Waals surface area contributed by atoms with Gasteiger partial charge in [-0.2, -0.15) is 0 Å². The first-order chi connectivity index (χ1) is 16.8. The molecule has 1 unspecified atom stereocenters. The zero-order valence-corrected chi connectivity index (χ0v) is 21.4. The Morgan fingerprint density at radius 2 is 1.83 bits per heavy atom. The van der Waals surface area contributed by atoms with Gasteiger partial charge in [-0.25, -0.2) is 15.0 Å². The smallest absolute Gasteiger partial charge is 0.309 e. The molecule has 1 amide bonds. The van der Waals surface area contributed by atoms with Gasteiger partial charge in [-0.15, -0.1) is 11.3 Å². The first-order valence-corrected chi connectivity index (χ1v) is 12.9. The Bertz CT molecular complexity index is 1140. The van der Waals surface area contributed by atoms with Crippen LogP contribution < -0.4 is 5.01 Å². The van der Waals surface area contributed by atoms with E-state index in [1.807, 2.05) is 43.5 Å². The van der Waals surface area contributed by atoms with Gasteiger partial charge in [-0.05, 0) is 61.8 Å². The molecule has 7 heteroatoms. The lowest BCUT2D eigenvalue weighted by Gasteiger charge is -2.37. The van der Waals surface area contributed by atoms with Crippen molar-refractivity contribution in [1.29, 1.82) is 0 Å². The van der Waals surface area contributed by atoms with E-state index in [2.05, 4.69) is 34.3 Å². The van der Waals surface area contributed by atoms with E-state index in [4.69, 9.17) is 0 Å². The molecule has 35 heavy (non-hydrogen) atoms. The van der Waals surface area contributed by atoms with Gasteiger partial charge in [-0.3, -0.25) is 9.59 Å². The largest absolute Gasteiger partial charge is 0.481 e. The van der Waals surface area contributed by atoms with Gasteiger partial charge in [-0.1, -0.05) is 49.4 Å². The molecule has 1 aliphatic rings. The fourth-order valence-corrected chi connectivity index (χ4v) is 5.53. The molecule has 1 fully saturated rings. The highest BCUT2D eigenvalue weighted by molar-refractivity contribution is 7.15. The van der Waals surface area contributed by atoms with Crippen LogP contribution in [0.4, 0.5) is 5.69 Å². The number of aliphatic carboxylic acids is 1. The number of nitrogens with zero attached hydrogens (tertiary/aromatic N) is 3. The SMILES string of the molecule is CC(Cc1ncc(-c2ccc(N(C=O)N3CCC(c4ccccc4)CC3)cc2)s1)C(C)(C)C(=O)O. The summed E-state index contributed by atoms with van der Waals surface area (Å²) in [5.74, 6) is -0.289. The lowest BCUT2D eigenvalue weighted by Crippen LogP contribution is -2.46. The highest BCUT2D eigenvalue weighted by Gasteiger charge is 2.34. The molecular formula is C28H33N3O3S. The predicted octanol–water partition coefficient (Wildman–Crippen LogP) is 5.86. The molecule has 6 nitrogen and oxygen atoms in total. The van der Waals surface area contributed by atoms with Gasteiger partial charge < -0.3 is 5.11 Å². The van der Waals surface area contributed by atoms with E-state index in [9.17, 15) is 14.7 Å². The number of hydrogen-bond acceptors (Lipinski definition) is 5. The van der Waals surface area contributed by atoms with Crippen LogP contribution in [-0.4, -0.2) is 40.6 Å². The number of piperidine rings is 1. The summed E-state index contributed by atoms with van der Waals surface area (Å²) in [5.41, 5.74) is 2.46. The number of benzene rings is 2. The maximum Gasteiger partial charge on any atom is 0.309 e. The Balaban J connectivity index is 1.39. The minimum absolute atomic E-state index is 0.0337. The topological polar surface area (TPSA) is 73.7 Å². The van der Waals surface area contributed by atoms with Crippen molar-refractivity contribution in [2.24, 2.45) is 11.3 Å². The van der Waals surface area contributed by atoms with Gasteiger partial charge in [0.1, 0.15) is 0 Å². The molecule has 0 radical (unpaired) electrons. The predicted molar refractivity (Wildman–Crippen MR) is 140 cm³/mol. The summed E-state index contributed by atoms with van der Waals surface area (Å²) in [6.45, 7) is 7.15. The number of rotatable bonds is 9. The van der Waals surface area contributed by atoms with E-state index in [1.165, 1.54) is 5.56 Å². The van der Waals surface area contributed by atoms with E-state index in [0.717, 1.165) is 53.5 Å². The molecule has 1 saturated heterocycles. The Morgan fingerprint density at radius 1 is 1.17 bits per heavy atom. The summed E-state index contributed by atoms with van der Waals surface area (Å²) in [5, 5.41) is 14.3. The van der Waals surface area contributed by atoms with Gasteiger partial charge in [0.05, 0.1) is 21.0 Å². The second-order valence-electron chi connectivity index (χ2n) is 9.89. The highest BCUT2D eigenvalue weighted by Crippen LogP contribution is 2.34. The van der Waals surface area contributed by atoms with Crippen LogP contribution in [0.1, 0.15) is 50.1 Å². The number of anilines is 1. The number of carboxylic acids is 1. The average molecular weight is 492 g/mol. The van der Waals surface area contributed by atoms with E-state index in [-0.39, 0.29) is 5.92 Å². The Hall–Kier alpha value is -3.03. The average Bonchev–Trinajstić information content (AvgIpc) is 3.34. The number of amides is 1. The van der Waals surface area contributed by atoms with Crippen LogP contribution in [-0.2, 0) is 16.0 Å². The second kappa shape index (κ2) is 10.7. The van der Waals surface area contributed by atoms with E-state index in [0.29, 0.717) is 12.3 Å². The zero-order chi connectivity index (χ0) is 25.0. The van der Waals surface area contributed by atoms with Gasteiger partial charge in [0.25, 0.3) is 0 Å². The van der Waals surface area contributed by atoms with Crippen molar-refractivity contribution in [2.75, 3.05) is 18.1 Å². The molecule has 2 heterocycles. The van der Waals surface area contributed by atoms with Gasteiger partial charge in [0.15, 0.2) is 0 Å². The molecule has 0 bridgehead atoms. The van der Waals surface area contributed by atoms with Crippen LogP contribution in [0.3, 0.4) is 0 Å². The third-order valence-electron chi connectivity index (χ3n) is 7.38. The van der Waals surface area contributed by atoms with Crippen LogP contribution in [0.15, 0.2) is 60.8 Å². The minimum Gasteiger partial charge on any atom is -0.481 e. The van der Waals surface area contributed by atoms with Gasteiger partial charge in [0, 0.05) is 25.7 Å². The summed E-state index contributed by atoms with van der Waals surface area (Å²) >= 11 is 1.59. The summed E-state index contributed by atoms with van der Waals surface area (Å²) in [6, 6.07) is 18.6. The Morgan fingerprint density at radius 3 is 2.43 bits per heavy atom. The van der Waals surface area contributed by atoms with Crippen molar-refractivity contribution >= 4 is 29.4 Å². The molecule has 0 saturated carbocycles. The molecule has 1 atom stereocenters. The maximum absolute atomic E-state index is 12.0. The first kappa shape index (κ1) is 25.1. The van der Waals surface area contributed by atoms with Crippen molar-refractivity contribution < 1.29 is 14.7 Å². The number of carbonyl (C=O) groups excluding carboxylic acids is 1. The van der Waals surface area contributed by atoms with Crippen LogP contribution in [0.5, 0.6) is 0 Å². The van der Waals surface area contributed by atoms with Crippen LogP contribution in [0, 0.1) is 11.3 Å². The maximum atomic E-state index is 12.0. The van der Waals surface area contributed by atoms with Gasteiger partial charge >= 0.3 is 5.97 Å². The molecule has 1 aromatic heterocycles. The molecule has 0 aliphatic carbocycles. The fourth-order valence-electron chi connectivity index (χ4n) is 4.48. The molecule has 4 rings (SSSR count). The van der Waals surface area contributed by atoms with Crippen molar-refractivity contribution in [3.8, 4) is 10.4 Å². The number of thiazole rings is 1. The third kappa shape index (κ3) is 5.63. The van der Waals surface area contributed by atoms with E-state index < -0.39 is 11.4 Å². The van der Waals surface area contributed by atoms with Crippen molar-refractivity contribution in [3.63, 3.8) is 0 Å². The van der Waals surface area contributed by atoms with E-state index >= 15 is 0 Å².